The van der Waals surface area contributed by atoms with Gasteiger partial charge in [-0.3, -0.25) is 4.90 Å². The van der Waals surface area contributed by atoms with E-state index < -0.39 is 0 Å². The van der Waals surface area contributed by atoms with Gasteiger partial charge in [-0.25, -0.2) is 0 Å². The van der Waals surface area contributed by atoms with Crippen molar-refractivity contribution in [2.45, 2.75) is 59.2 Å². The Hall–Kier alpha value is -0.800. The van der Waals surface area contributed by atoms with Crippen LogP contribution in [-0.4, -0.2) is 30.1 Å². The summed E-state index contributed by atoms with van der Waals surface area (Å²) in [5.74, 6) is 2.77. The molecule has 2 rings (SSSR count). The monoisotopic (exact) mass is 264 g/mol. The molecule has 3 heteroatoms. The molecule has 108 valence electrons. The van der Waals surface area contributed by atoms with Crippen LogP contribution in [-0.2, 0) is 0 Å². The Balaban J connectivity index is 2.13. The molecule has 0 aromatic carbocycles. The normalized spacial score (nSPS) is 26.8. The zero-order valence-corrected chi connectivity index (χ0v) is 12.9. The van der Waals surface area contributed by atoms with Crippen LogP contribution in [0.5, 0.6) is 0 Å². The van der Waals surface area contributed by atoms with Gasteiger partial charge in [-0.05, 0) is 38.3 Å². The van der Waals surface area contributed by atoms with Crippen molar-refractivity contribution >= 4 is 0 Å². The lowest BCUT2D eigenvalue weighted by Crippen LogP contribution is -2.58. The number of nitrogens with zero attached hydrogens (tertiary/aromatic N) is 1. The van der Waals surface area contributed by atoms with Crippen LogP contribution < -0.4 is 5.32 Å². The first-order chi connectivity index (χ1) is 9.02. The smallest absolute Gasteiger partial charge is 0.121 e. The van der Waals surface area contributed by atoms with E-state index in [0.29, 0.717) is 24.0 Å². The number of hydrogen-bond donors (Lipinski definition) is 1. The zero-order valence-electron chi connectivity index (χ0n) is 12.9. The van der Waals surface area contributed by atoms with Gasteiger partial charge in [-0.2, -0.15) is 0 Å². The molecule has 2 heterocycles. The Kier molecular flexibility index (Phi) is 4.69. The van der Waals surface area contributed by atoms with Gasteiger partial charge in [0.05, 0.1) is 6.04 Å². The first kappa shape index (κ1) is 14.6. The van der Waals surface area contributed by atoms with E-state index in [4.69, 9.17) is 4.42 Å². The van der Waals surface area contributed by atoms with E-state index in [2.05, 4.69) is 50.0 Å². The molecule has 1 N–H and O–H groups in total. The quantitative estimate of drug-likeness (QED) is 0.904. The van der Waals surface area contributed by atoms with Gasteiger partial charge in [0.15, 0.2) is 0 Å². The van der Waals surface area contributed by atoms with Gasteiger partial charge >= 0.3 is 0 Å². The van der Waals surface area contributed by atoms with Crippen molar-refractivity contribution in [2.75, 3.05) is 13.1 Å². The summed E-state index contributed by atoms with van der Waals surface area (Å²) in [6.45, 7) is 13.3. The highest BCUT2D eigenvalue weighted by atomic mass is 16.3. The Morgan fingerprint density at radius 1 is 1.37 bits per heavy atom. The predicted molar refractivity (Wildman–Crippen MR) is 79.3 cm³/mol. The lowest BCUT2D eigenvalue weighted by Gasteiger charge is -2.44. The summed E-state index contributed by atoms with van der Waals surface area (Å²) >= 11 is 0. The third-order valence-corrected chi connectivity index (χ3v) is 4.44. The highest BCUT2D eigenvalue weighted by molar-refractivity contribution is 5.10. The predicted octanol–water partition coefficient (Wildman–Crippen LogP) is 3.36. The fraction of sp³-hybridized carbons (Fsp3) is 0.750. The van der Waals surface area contributed by atoms with Crippen LogP contribution in [0.2, 0.25) is 0 Å². The van der Waals surface area contributed by atoms with E-state index in [1.165, 1.54) is 6.42 Å². The van der Waals surface area contributed by atoms with E-state index in [1.54, 1.807) is 0 Å². The summed E-state index contributed by atoms with van der Waals surface area (Å²) in [5, 5.41) is 3.69. The molecule has 0 bridgehead atoms. The Bertz CT molecular complexity index is 399. The Labute approximate surface area is 117 Å². The molecule has 3 nitrogen and oxygen atoms in total. The van der Waals surface area contributed by atoms with E-state index in [0.717, 1.165) is 24.6 Å². The minimum Gasteiger partial charge on any atom is -0.465 e. The van der Waals surface area contributed by atoms with Crippen molar-refractivity contribution in [3.05, 3.63) is 23.7 Å². The lowest BCUT2D eigenvalue weighted by molar-refractivity contribution is 0.0642. The minimum atomic E-state index is 0.363. The maximum Gasteiger partial charge on any atom is 0.121 e. The van der Waals surface area contributed by atoms with Crippen LogP contribution in [0, 0.1) is 12.8 Å². The van der Waals surface area contributed by atoms with Crippen molar-refractivity contribution in [1.82, 2.24) is 10.2 Å². The third-order valence-electron chi connectivity index (χ3n) is 4.44. The standard InChI is InChI=1S/C16H28N2O/c1-6-14-9-17-15(11(2)3)10-18(14)13(5)16-8-7-12(4)19-16/h7-8,11,13-15,17H,6,9-10H2,1-5H3. The molecule has 1 fully saturated rings. The number of aryl methyl sites for hydroxylation is 1. The van der Waals surface area contributed by atoms with Gasteiger partial charge in [-0.1, -0.05) is 20.8 Å². The van der Waals surface area contributed by atoms with E-state index in [1.807, 2.05) is 6.92 Å². The largest absolute Gasteiger partial charge is 0.465 e. The number of hydrogen-bond acceptors (Lipinski definition) is 3. The highest BCUT2D eigenvalue weighted by Crippen LogP contribution is 2.28. The molecule has 0 spiro atoms. The average molecular weight is 264 g/mol. The van der Waals surface area contributed by atoms with Crippen molar-refractivity contribution in [2.24, 2.45) is 5.92 Å². The fourth-order valence-electron chi connectivity index (χ4n) is 2.99. The van der Waals surface area contributed by atoms with Gasteiger partial charge in [-0.15, -0.1) is 0 Å². The van der Waals surface area contributed by atoms with Crippen molar-refractivity contribution in [3.63, 3.8) is 0 Å². The van der Waals surface area contributed by atoms with E-state index in [-0.39, 0.29) is 0 Å². The molecule has 1 saturated heterocycles. The molecule has 1 aliphatic heterocycles. The minimum absolute atomic E-state index is 0.363. The summed E-state index contributed by atoms with van der Waals surface area (Å²) in [4.78, 5) is 2.61. The Morgan fingerprint density at radius 2 is 2.11 bits per heavy atom. The SMILES string of the molecule is CCC1CNC(C(C)C)CN1C(C)c1ccc(C)o1. The number of piperazine rings is 1. The van der Waals surface area contributed by atoms with Crippen LogP contribution in [0.15, 0.2) is 16.5 Å². The molecule has 3 atom stereocenters. The molecule has 3 unspecified atom stereocenters. The molecule has 0 saturated carbocycles. The molecular weight excluding hydrogens is 236 g/mol. The number of rotatable bonds is 4. The Morgan fingerprint density at radius 3 is 2.63 bits per heavy atom. The second kappa shape index (κ2) is 6.10. The van der Waals surface area contributed by atoms with Gasteiger partial charge in [0.1, 0.15) is 11.5 Å². The van der Waals surface area contributed by atoms with Gasteiger partial charge in [0.25, 0.3) is 0 Å². The molecule has 1 aromatic heterocycles. The first-order valence-corrected chi connectivity index (χ1v) is 7.58. The summed E-state index contributed by atoms with van der Waals surface area (Å²) in [7, 11) is 0. The average Bonchev–Trinajstić information content (AvgIpc) is 2.83. The van der Waals surface area contributed by atoms with E-state index in [9.17, 15) is 0 Å². The van der Waals surface area contributed by atoms with Crippen LogP contribution in [0.3, 0.4) is 0 Å². The maximum absolute atomic E-state index is 5.82. The first-order valence-electron chi connectivity index (χ1n) is 7.58. The molecular formula is C16H28N2O. The molecule has 19 heavy (non-hydrogen) atoms. The summed E-state index contributed by atoms with van der Waals surface area (Å²) in [5.41, 5.74) is 0. The molecule has 0 radical (unpaired) electrons. The summed E-state index contributed by atoms with van der Waals surface area (Å²) in [6, 6.07) is 5.74. The highest BCUT2D eigenvalue weighted by Gasteiger charge is 2.32. The molecule has 1 aromatic rings. The summed E-state index contributed by atoms with van der Waals surface area (Å²) < 4.78 is 5.82. The fourth-order valence-corrected chi connectivity index (χ4v) is 2.99. The topological polar surface area (TPSA) is 28.4 Å². The van der Waals surface area contributed by atoms with Crippen LogP contribution in [0.1, 0.15) is 51.7 Å². The second-order valence-electron chi connectivity index (χ2n) is 6.14. The van der Waals surface area contributed by atoms with Gasteiger partial charge < -0.3 is 9.73 Å². The van der Waals surface area contributed by atoms with Crippen molar-refractivity contribution in [1.29, 1.82) is 0 Å². The van der Waals surface area contributed by atoms with E-state index >= 15 is 0 Å². The third kappa shape index (κ3) is 3.21. The zero-order chi connectivity index (χ0) is 14.0. The van der Waals surface area contributed by atoms with Crippen LogP contribution >= 0.6 is 0 Å². The van der Waals surface area contributed by atoms with Crippen LogP contribution in [0.4, 0.5) is 0 Å². The molecule has 1 aliphatic rings. The molecule has 0 aliphatic carbocycles. The summed E-state index contributed by atoms with van der Waals surface area (Å²) in [6.07, 6.45) is 1.18. The van der Waals surface area contributed by atoms with Crippen LogP contribution in [0.25, 0.3) is 0 Å². The lowest BCUT2D eigenvalue weighted by atomic mass is 9.96. The van der Waals surface area contributed by atoms with Crippen molar-refractivity contribution in [3.8, 4) is 0 Å². The maximum atomic E-state index is 5.82. The van der Waals surface area contributed by atoms with Gasteiger partial charge in [0, 0.05) is 25.2 Å². The van der Waals surface area contributed by atoms with Gasteiger partial charge in [0.2, 0.25) is 0 Å². The number of furan rings is 1. The molecule has 0 amide bonds. The van der Waals surface area contributed by atoms with Crippen molar-refractivity contribution < 1.29 is 4.42 Å². The number of nitrogens with one attached hydrogen (secondary N) is 1. The second-order valence-corrected chi connectivity index (χ2v) is 6.14.